The number of carbonyl (C=O) groups excluding carboxylic acids is 1. The zero-order valence-corrected chi connectivity index (χ0v) is 11.9. The Morgan fingerprint density at radius 3 is 2.89 bits per heavy atom. The van der Waals surface area contributed by atoms with E-state index in [0.29, 0.717) is 22.2 Å². The maximum absolute atomic E-state index is 13.5. The van der Waals surface area contributed by atoms with Crippen LogP contribution in [0.2, 0.25) is 0 Å². The first-order chi connectivity index (χ1) is 9.08. The number of aromatic nitrogens is 2. The molecule has 0 fully saturated rings. The van der Waals surface area contributed by atoms with Gasteiger partial charge in [0.15, 0.2) is 0 Å². The maximum Gasteiger partial charge on any atom is 0.270 e. The van der Waals surface area contributed by atoms with E-state index in [9.17, 15) is 9.18 Å². The number of H-pyrrole nitrogens is 1. The molecule has 1 aromatic heterocycles. The summed E-state index contributed by atoms with van der Waals surface area (Å²) < 4.78 is 14.1. The van der Waals surface area contributed by atoms with Gasteiger partial charge in [0.05, 0.1) is 10.7 Å². The first kappa shape index (κ1) is 13.7. The van der Waals surface area contributed by atoms with Crippen molar-refractivity contribution in [1.29, 1.82) is 0 Å². The van der Waals surface area contributed by atoms with E-state index in [0.717, 1.165) is 0 Å². The second kappa shape index (κ2) is 5.97. The molecule has 0 aliphatic heterocycles. The van der Waals surface area contributed by atoms with Crippen LogP contribution in [0.5, 0.6) is 0 Å². The summed E-state index contributed by atoms with van der Waals surface area (Å²) in [5.74, 6) is -0.528. The molecule has 1 heterocycles. The molecule has 0 bridgehead atoms. The molecule has 100 valence electrons. The number of hydrogen-bond donors (Lipinski definition) is 2. The van der Waals surface area contributed by atoms with E-state index in [1.54, 1.807) is 18.2 Å². The summed E-state index contributed by atoms with van der Waals surface area (Å²) in [6.07, 6.45) is 1.95. The third-order valence-corrected chi connectivity index (χ3v) is 3.28. The topological polar surface area (TPSA) is 57.8 Å². The fourth-order valence-electron chi connectivity index (χ4n) is 1.77. The molecule has 0 unspecified atom stereocenters. The van der Waals surface area contributed by atoms with E-state index >= 15 is 0 Å². The summed E-state index contributed by atoms with van der Waals surface area (Å²) in [6, 6.07) is 6.36. The molecular formula is C13H13BrFN3O. The van der Waals surface area contributed by atoms with E-state index in [1.165, 1.54) is 12.3 Å². The van der Waals surface area contributed by atoms with Crippen molar-refractivity contribution in [3.63, 3.8) is 0 Å². The van der Waals surface area contributed by atoms with Crippen molar-refractivity contribution in [3.8, 4) is 0 Å². The Hall–Kier alpha value is -1.69. The molecule has 0 saturated heterocycles. The molecule has 1 amide bonds. The van der Waals surface area contributed by atoms with E-state index in [1.807, 2.05) is 6.92 Å². The van der Waals surface area contributed by atoms with Crippen molar-refractivity contribution in [3.05, 3.63) is 52.0 Å². The zero-order valence-electron chi connectivity index (χ0n) is 10.3. The molecule has 0 aliphatic rings. The second-order valence-electron chi connectivity index (χ2n) is 4.26. The molecule has 6 heteroatoms. The van der Waals surface area contributed by atoms with Crippen LogP contribution < -0.4 is 5.32 Å². The summed E-state index contributed by atoms with van der Waals surface area (Å²) in [5.41, 5.74) is 0.944. The molecule has 1 aromatic carbocycles. The smallest absolute Gasteiger partial charge is 0.270 e. The van der Waals surface area contributed by atoms with Crippen LogP contribution in [0.25, 0.3) is 0 Å². The third-order valence-electron chi connectivity index (χ3n) is 2.68. The lowest BCUT2D eigenvalue weighted by Crippen LogP contribution is -2.34. The van der Waals surface area contributed by atoms with E-state index in [-0.39, 0.29) is 17.8 Å². The summed E-state index contributed by atoms with van der Waals surface area (Å²) in [5, 5.41) is 9.15. The standard InChI is InChI=1S/C13H13BrFN3O/c1-8(6-9-4-2-3-5-11(9)15)17-13(19)12-10(14)7-16-18-12/h2-5,7-8H,6H2,1H3,(H,16,18)(H,17,19)/t8-/m1/s1. The fraction of sp³-hybridized carbons (Fsp3) is 0.231. The number of aromatic amines is 1. The molecule has 2 rings (SSSR count). The van der Waals surface area contributed by atoms with Crippen LogP contribution in [0, 0.1) is 5.82 Å². The minimum Gasteiger partial charge on any atom is -0.348 e. The summed E-state index contributed by atoms with van der Waals surface area (Å²) in [4.78, 5) is 11.9. The van der Waals surface area contributed by atoms with Gasteiger partial charge in [-0.05, 0) is 40.9 Å². The van der Waals surface area contributed by atoms with Gasteiger partial charge in [-0.1, -0.05) is 18.2 Å². The number of carbonyl (C=O) groups is 1. The number of rotatable bonds is 4. The van der Waals surface area contributed by atoms with Gasteiger partial charge in [-0.25, -0.2) is 4.39 Å². The highest BCUT2D eigenvalue weighted by Crippen LogP contribution is 2.13. The lowest BCUT2D eigenvalue weighted by molar-refractivity contribution is 0.0934. The molecule has 2 N–H and O–H groups in total. The molecular weight excluding hydrogens is 313 g/mol. The molecule has 0 spiro atoms. The van der Waals surface area contributed by atoms with Crippen molar-refractivity contribution in [1.82, 2.24) is 15.5 Å². The Morgan fingerprint density at radius 1 is 1.53 bits per heavy atom. The van der Waals surface area contributed by atoms with Gasteiger partial charge in [-0.15, -0.1) is 0 Å². The summed E-state index contributed by atoms with van der Waals surface area (Å²) in [6.45, 7) is 1.83. The number of hydrogen-bond acceptors (Lipinski definition) is 2. The summed E-state index contributed by atoms with van der Waals surface area (Å²) in [7, 11) is 0. The number of amides is 1. The highest BCUT2D eigenvalue weighted by molar-refractivity contribution is 9.10. The first-order valence-electron chi connectivity index (χ1n) is 5.81. The lowest BCUT2D eigenvalue weighted by Gasteiger charge is -2.13. The molecule has 19 heavy (non-hydrogen) atoms. The van der Waals surface area contributed by atoms with Gasteiger partial charge in [-0.3, -0.25) is 9.89 Å². The SMILES string of the molecule is C[C@H](Cc1ccccc1F)NC(=O)c1[nH]ncc1Br. The van der Waals surface area contributed by atoms with Crippen molar-refractivity contribution in [2.75, 3.05) is 0 Å². The van der Waals surface area contributed by atoms with Crippen molar-refractivity contribution < 1.29 is 9.18 Å². The van der Waals surface area contributed by atoms with E-state index < -0.39 is 0 Å². The van der Waals surface area contributed by atoms with Crippen LogP contribution in [0.1, 0.15) is 23.0 Å². The Morgan fingerprint density at radius 2 is 2.26 bits per heavy atom. The number of nitrogens with zero attached hydrogens (tertiary/aromatic N) is 1. The van der Waals surface area contributed by atoms with E-state index in [4.69, 9.17) is 0 Å². The van der Waals surface area contributed by atoms with Gasteiger partial charge in [-0.2, -0.15) is 5.10 Å². The first-order valence-corrected chi connectivity index (χ1v) is 6.60. The molecule has 0 saturated carbocycles. The molecule has 0 aliphatic carbocycles. The number of benzene rings is 1. The monoisotopic (exact) mass is 325 g/mol. The van der Waals surface area contributed by atoms with Crippen LogP contribution >= 0.6 is 15.9 Å². The van der Waals surface area contributed by atoms with Crippen molar-refractivity contribution >= 4 is 21.8 Å². The van der Waals surface area contributed by atoms with Crippen molar-refractivity contribution in [2.45, 2.75) is 19.4 Å². The maximum atomic E-state index is 13.5. The number of nitrogens with one attached hydrogen (secondary N) is 2. The molecule has 1 atom stereocenters. The predicted octanol–water partition coefficient (Wildman–Crippen LogP) is 2.67. The van der Waals surface area contributed by atoms with Gasteiger partial charge in [0.25, 0.3) is 5.91 Å². The number of halogens is 2. The average Bonchev–Trinajstić information content (AvgIpc) is 2.78. The van der Waals surface area contributed by atoms with Crippen LogP contribution in [-0.4, -0.2) is 22.1 Å². The minimum atomic E-state index is -0.270. The van der Waals surface area contributed by atoms with Crippen molar-refractivity contribution in [2.24, 2.45) is 0 Å². The largest absolute Gasteiger partial charge is 0.348 e. The van der Waals surface area contributed by atoms with Crippen LogP contribution in [-0.2, 0) is 6.42 Å². The minimum absolute atomic E-state index is 0.181. The average molecular weight is 326 g/mol. The normalized spacial score (nSPS) is 12.2. The zero-order chi connectivity index (χ0) is 13.8. The van der Waals surface area contributed by atoms with Gasteiger partial charge >= 0.3 is 0 Å². The summed E-state index contributed by atoms with van der Waals surface area (Å²) >= 11 is 3.22. The lowest BCUT2D eigenvalue weighted by atomic mass is 10.1. The Balaban J connectivity index is 1.99. The molecule has 2 aromatic rings. The van der Waals surface area contributed by atoms with Gasteiger partial charge in [0, 0.05) is 6.04 Å². The molecule has 0 radical (unpaired) electrons. The quantitative estimate of drug-likeness (QED) is 0.908. The highest BCUT2D eigenvalue weighted by Gasteiger charge is 2.15. The predicted molar refractivity (Wildman–Crippen MR) is 73.3 cm³/mol. The fourth-order valence-corrected chi connectivity index (χ4v) is 2.14. The van der Waals surface area contributed by atoms with Gasteiger partial charge < -0.3 is 5.32 Å². The second-order valence-corrected chi connectivity index (χ2v) is 5.12. The van der Waals surface area contributed by atoms with Crippen LogP contribution in [0.15, 0.2) is 34.9 Å². The van der Waals surface area contributed by atoms with Gasteiger partial charge in [0.2, 0.25) is 0 Å². The highest BCUT2D eigenvalue weighted by atomic mass is 79.9. The van der Waals surface area contributed by atoms with Crippen LogP contribution in [0.4, 0.5) is 4.39 Å². The Bertz CT molecular complexity index is 585. The Kier molecular flexibility index (Phi) is 4.31. The van der Waals surface area contributed by atoms with E-state index in [2.05, 4.69) is 31.4 Å². The van der Waals surface area contributed by atoms with Gasteiger partial charge in [0.1, 0.15) is 11.5 Å². The Labute approximate surface area is 118 Å². The molecule has 4 nitrogen and oxygen atoms in total. The van der Waals surface area contributed by atoms with Crippen LogP contribution in [0.3, 0.4) is 0 Å². The third kappa shape index (κ3) is 3.41.